The first-order valence-electron chi connectivity index (χ1n) is 6.72. The van der Waals surface area contributed by atoms with Crippen LogP contribution < -0.4 is 4.74 Å². The van der Waals surface area contributed by atoms with Crippen LogP contribution >= 0.6 is 27.5 Å². The van der Waals surface area contributed by atoms with Gasteiger partial charge in [-0.3, -0.25) is 4.79 Å². The van der Waals surface area contributed by atoms with Crippen LogP contribution in [0.5, 0.6) is 5.75 Å². The van der Waals surface area contributed by atoms with Gasteiger partial charge in [0.25, 0.3) is 0 Å². The summed E-state index contributed by atoms with van der Waals surface area (Å²) in [5.74, 6) is 0.542. The molecule has 0 unspecified atom stereocenters. The molecule has 0 aromatic heterocycles. The molecule has 0 heterocycles. The maximum Gasteiger partial charge on any atom is 0.152 e. The molecule has 0 aliphatic carbocycles. The SMILES string of the molecule is O=Cc1cc(Cl)c(OCc2cccc3ccccc23)c(Br)c1. The van der Waals surface area contributed by atoms with E-state index >= 15 is 0 Å². The van der Waals surface area contributed by atoms with E-state index in [4.69, 9.17) is 16.3 Å². The largest absolute Gasteiger partial charge is 0.486 e. The zero-order chi connectivity index (χ0) is 15.5. The minimum absolute atomic E-state index is 0.403. The predicted octanol–water partition coefficient (Wildman–Crippen LogP) is 5.65. The van der Waals surface area contributed by atoms with Crippen LogP contribution in [0.1, 0.15) is 15.9 Å². The number of carbonyl (C=O) groups is 1. The topological polar surface area (TPSA) is 26.3 Å². The number of rotatable bonds is 4. The van der Waals surface area contributed by atoms with Gasteiger partial charge < -0.3 is 4.74 Å². The third-order valence-corrected chi connectivity index (χ3v) is 4.28. The Kier molecular flexibility index (Phi) is 4.46. The standard InChI is InChI=1S/C18H12BrClO2/c19-16-8-12(10-21)9-17(20)18(16)22-11-14-6-3-5-13-4-1-2-7-15(13)14/h1-10H,11H2. The van der Waals surface area contributed by atoms with Gasteiger partial charge in [-0.1, -0.05) is 54.1 Å². The molecule has 0 spiro atoms. The van der Waals surface area contributed by atoms with Gasteiger partial charge in [-0.05, 0) is 44.4 Å². The van der Waals surface area contributed by atoms with Gasteiger partial charge in [-0.2, -0.15) is 0 Å². The Hall–Kier alpha value is -1.84. The molecule has 0 atom stereocenters. The first-order chi connectivity index (χ1) is 10.7. The number of fused-ring (bicyclic) bond motifs is 1. The lowest BCUT2D eigenvalue weighted by Crippen LogP contribution is -1.98. The van der Waals surface area contributed by atoms with Crippen LogP contribution in [0.15, 0.2) is 59.1 Å². The lowest BCUT2D eigenvalue weighted by atomic mass is 10.1. The molecule has 0 aliphatic heterocycles. The maximum absolute atomic E-state index is 10.8. The van der Waals surface area contributed by atoms with Crippen molar-refractivity contribution in [3.8, 4) is 5.75 Å². The van der Waals surface area contributed by atoms with Crippen LogP contribution in [0.2, 0.25) is 5.02 Å². The summed E-state index contributed by atoms with van der Waals surface area (Å²) in [6.07, 6.45) is 0.755. The highest BCUT2D eigenvalue weighted by molar-refractivity contribution is 9.10. The highest BCUT2D eigenvalue weighted by Gasteiger charge is 2.10. The highest BCUT2D eigenvalue weighted by atomic mass is 79.9. The summed E-state index contributed by atoms with van der Waals surface area (Å²) in [6, 6.07) is 17.6. The quantitative estimate of drug-likeness (QED) is 0.551. The average molecular weight is 376 g/mol. The fraction of sp³-hybridized carbons (Fsp3) is 0.0556. The molecule has 3 aromatic carbocycles. The van der Waals surface area contributed by atoms with Crippen molar-refractivity contribution in [2.24, 2.45) is 0 Å². The summed E-state index contributed by atoms with van der Waals surface area (Å²) < 4.78 is 6.54. The van der Waals surface area contributed by atoms with Crippen molar-refractivity contribution in [2.75, 3.05) is 0 Å². The minimum atomic E-state index is 0.403. The molecule has 0 amide bonds. The second kappa shape index (κ2) is 6.51. The normalized spacial score (nSPS) is 10.6. The Labute approximate surface area is 141 Å². The first-order valence-corrected chi connectivity index (χ1v) is 7.90. The molecule has 110 valence electrons. The summed E-state index contributed by atoms with van der Waals surface area (Å²) in [4.78, 5) is 10.8. The van der Waals surface area contributed by atoms with E-state index in [9.17, 15) is 4.79 Å². The Morgan fingerprint density at radius 1 is 1.09 bits per heavy atom. The summed E-state index contributed by atoms with van der Waals surface area (Å²) in [7, 11) is 0. The lowest BCUT2D eigenvalue weighted by molar-refractivity contribution is 0.112. The second-order valence-electron chi connectivity index (χ2n) is 4.86. The summed E-state index contributed by atoms with van der Waals surface area (Å²) in [5, 5.41) is 2.74. The summed E-state index contributed by atoms with van der Waals surface area (Å²) >= 11 is 9.58. The van der Waals surface area contributed by atoms with Crippen molar-refractivity contribution in [3.05, 3.63) is 75.2 Å². The number of benzene rings is 3. The van der Waals surface area contributed by atoms with E-state index in [0.717, 1.165) is 17.2 Å². The third-order valence-electron chi connectivity index (χ3n) is 3.41. The molecule has 4 heteroatoms. The van der Waals surface area contributed by atoms with Crippen molar-refractivity contribution in [2.45, 2.75) is 6.61 Å². The third kappa shape index (κ3) is 3.01. The van der Waals surface area contributed by atoms with Crippen LogP contribution in [-0.2, 0) is 6.61 Å². The Morgan fingerprint density at radius 3 is 2.64 bits per heavy atom. The zero-order valence-corrected chi connectivity index (χ0v) is 13.9. The Bertz CT molecular complexity index is 817. The van der Waals surface area contributed by atoms with Gasteiger partial charge in [0.1, 0.15) is 12.9 Å². The Morgan fingerprint density at radius 2 is 1.86 bits per heavy atom. The monoisotopic (exact) mass is 374 g/mol. The molecule has 3 rings (SSSR count). The van der Waals surface area contributed by atoms with Crippen LogP contribution in [0.25, 0.3) is 10.8 Å². The van der Waals surface area contributed by atoms with Crippen molar-refractivity contribution < 1.29 is 9.53 Å². The van der Waals surface area contributed by atoms with Crippen LogP contribution in [-0.4, -0.2) is 6.29 Å². The Balaban J connectivity index is 1.90. The molecule has 0 aliphatic rings. The highest BCUT2D eigenvalue weighted by Crippen LogP contribution is 2.35. The van der Waals surface area contributed by atoms with Gasteiger partial charge >= 0.3 is 0 Å². The van der Waals surface area contributed by atoms with E-state index < -0.39 is 0 Å². The molecule has 0 fully saturated rings. The first kappa shape index (κ1) is 15.1. The van der Waals surface area contributed by atoms with Gasteiger partial charge in [0, 0.05) is 5.56 Å². The summed E-state index contributed by atoms with van der Waals surface area (Å²) in [5.41, 5.74) is 1.59. The number of aldehydes is 1. The lowest BCUT2D eigenvalue weighted by Gasteiger charge is -2.12. The van der Waals surface area contributed by atoms with Crippen LogP contribution in [0.4, 0.5) is 0 Å². The van der Waals surface area contributed by atoms with Gasteiger partial charge in [0.05, 0.1) is 9.50 Å². The van der Waals surface area contributed by atoms with Gasteiger partial charge in [-0.15, -0.1) is 0 Å². The van der Waals surface area contributed by atoms with Gasteiger partial charge in [0.2, 0.25) is 0 Å². The second-order valence-corrected chi connectivity index (χ2v) is 6.12. The minimum Gasteiger partial charge on any atom is -0.486 e. The molecule has 0 bridgehead atoms. The number of hydrogen-bond acceptors (Lipinski definition) is 2. The molecule has 0 saturated heterocycles. The van der Waals surface area contributed by atoms with E-state index in [0.29, 0.717) is 27.4 Å². The number of hydrogen-bond donors (Lipinski definition) is 0. The van der Waals surface area contributed by atoms with Gasteiger partial charge in [0.15, 0.2) is 5.75 Å². The van der Waals surface area contributed by atoms with Gasteiger partial charge in [-0.25, -0.2) is 0 Å². The van der Waals surface area contributed by atoms with Crippen LogP contribution in [0, 0.1) is 0 Å². The predicted molar refractivity (Wildman–Crippen MR) is 92.8 cm³/mol. The van der Waals surface area contributed by atoms with Crippen molar-refractivity contribution in [1.82, 2.24) is 0 Å². The van der Waals surface area contributed by atoms with E-state index in [1.54, 1.807) is 12.1 Å². The molecule has 22 heavy (non-hydrogen) atoms. The smallest absolute Gasteiger partial charge is 0.152 e. The zero-order valence-electron chi connectivity index (χ0n) is 11.6. The van der Waals surface area contributed by atoms with Crippen LogP contribution in [0.3, 0.4) is 0 Å². The van der Waals surface area contributed by atoms with E-state index in [1.165, 1.54) is 5.39 Å². The van der Waals surface area contributed by atoms with Crippen molar-refractivity contribution >= 4 is 44.6 Å². The molecular weight excluding hydrogens is 364 g/mol. The fourth-order valence-corrected chi connectivity index (χ4v) is 3.34. The fourth-order valence-electron chi connectivity index (χ4n) is 2.35. The molecular formula is C18H12BrClO2. The van der Waals surface area contributed by atoms with E-state index in [2.05, 4.69) is 34.1 Å². The number of halogens is 2. The number of ether oxygens (including phenoxy) is 1. The molecule has 0 saturated carbocycles. The molecule has 0 radical (unpaired) electrons. The summed E-state index contributed by atoms with van der Waals surface area (Å²) in [6.45, 7) is 0.403. The van der Waals surface area contributed by atoms with Crippen molar-refractivity contribution in [1.29, 1.82) is 0 Å². The van der Waals surface area contributed by atoms with E-state index in [-0.39, 0.29) is 0 Å². The maximum atomic E-state index is 10.8. The molecule has 0 N–H and O–H groups in total. The van der Waals surface area contributed by atoms with E-state index in [1.807, 2.05) is 24.3 Å². The number of carbonyl (C=O) groups excluding carboxylic acids is 1. The molecule has 3 aromatic rings. The average Bonchev–Trinajstić information content (AvgIpc) is 2.54. The molecule has 2 nitrogen and oxygen atoms in total. The van der Waals surface area contributed by atoms with Crippen molar-refractivity contribution in [3.63, 3.8) is 0 Å².